The van der Waals surface area contributed by atoms with Crippen LogP contribution in [0, 0.1) is 17.3 Å². The molecule has 0 bridgehead atoms. The van der Waals surface area contributed by atoms with Gasteiger partial charge in [0.05, 0.1) is 0 Å². The maximum absolute atomic E-state index is 12.5. The first-order valence-electron chi connectivity index (χ1n) is 7.59. The van der Waals surface area contributed by atoms with E-state index in [0.29, 0.717) is 17.6 Å². The summed E-state index contributed by atoms with van der Waals surface area (Å²) >= 11 is 1.96. The van der Waals surface area contributed by atoms with Crippen molar-refractivity contribution in [3.63, 3.8) is 0 Å². The van der Waals surface area contributed by atoms with E-state index in [9.17, 15) is 9.59 Å². The van der Waals surface area contributed by atoms with Crippen LogP contribution in [0.1, 0.15) is 51.9 Å². The third kappa shape index (κ3) is 2.22. The summed E-state index contributed by atoms with van der Waals surface area (Å²) in [7, 11) is 0. The van der Waals surface area contributed by atoms with Crippen molar-refractivity contribution < 1.29 is 9.59 Å². The van der Waals surface area contributed by atoms with Crippen molar-refractivity contribution in [1.82, 2.24) is 5.32 Å². The molecule has 19 heavy (non-hydrogen) atoms. The van der Waals surface area contributed by atoms with Gasteiger partial charge in [-0.05, 0) is 37.4 Å². The van der Waals surface area contributed by atoms with E-state index >= 15 is 0 Å². The average molecular weight is 281 g/mol. The van der Waals surface area contributed by atoms with Gasteiger partial charge in [-0.15, -0.1) is 0 Å². The van der Waals surface area contributed by atoms with Gasteiger partial charge in [-0.3, -0.25) is 14.9 Å². The second-order valence-corrected chi connectivity index (χ2v) is 7.91. The fourth-order valence-electron chi connectivity index (χ4n) is 4.57. The molecule has 2 aliphatic heterocycles. The van der Waals surface area contributed by atoms with Gasteiger partial charge in [0, 0.05) is 23.0 Å². The molecule has 2 heterocycles. The number of amides is 2. The molecule has 1 saturated carbocycles. The van der Waals surface area contributed by atoms with Gasteiger partial charge in [-0.2, -0.15) is 11.8 Å². The third-order valence-corrected chi connectivity index (χ3v) is 6.98. The SMILES string of the molecule is CC1SCCCC12CC(=O)NC(=O)C2C1CCCC1. The van der Waals surface area contributed by atoms with Gasteiger partial charge in [-0.25, -0.2) is 0 Å². The maximum atomic E-state index is 12.5. The molecule has 2 amide bonds. The minimum Gasteiger partial charge on any atom is -0.296 e. The van der Waals surface area contributed by atoms with E-state index in [4.69, 9.17) is 0 Å². The fourth-order valence-corrected chi connectivity index (χ4v) is 5.92. The topological polar surface area (TPSA) is 46.2 Å². The third-order valence-electron chi connectivity index (χ3n) is 5.49. The van der Waals surface area contributed by atoms with E-state index in [0.717, 1.165) is 12.8 Å². The number of rotatable bonds is 1. The highest BCUT2D eigenvalue weighted by molar-refractivity contribution is 7.99. The summed E-state index contributed by atoms with van der Waals surface area (Å²) in [4.78, 5) is 24.4. The Morgan fingerprint density at radius 2 is 1.95 bits per heavy atom. The van der Waals surface area contributed by atoms with Crippen LogP contribution in [0.25, 0.3) is 0 Å². The van der Waals surface area contributed by atoms with Crippen LogP contribution in [0.2, 0.25) is 0 Å². The van der Waals surface area contributed by atoms with Crippen molar-refractivity contribution >= 4 is 23.6 Å². The zero-order chi connectivity index (χ0) is 13.5. The maximum Gasteiger partial charge on any atom is 0.230 e. The minimum atomic E-state index is -0.0582. The Kier molecular flexibility index (Phi) is 3.63. The Bertz CT molecular complexity index is 392. The first kappa shape index (κ1) is 13.5. The fraction of sp³-hybridized carbons (Fsp3) is 0.867. The number of piperidine rings is 1. The summed E-state index contributed by atoms with van der Waals surface area (Å²) in [5.41, 5.74) is -0.0582. The molecule has 3 aliphatic rings. The lowest BCUT2D eigenvalue weighted by molar-refractivity contribution is -0.147. The highest BCUT2D eigenvalue weighted by Gasteiger charge is 2.55. The summed E-state index contributed by atoms with van der Waals surface area (Å²) in [6.45, 7) is 2.23. The number of hydrogen-bond acceptors (Lipinski definition) is 3. The van der Waals surface area contributed by atoms with Gasteiger partial charge < -0.3 is 0 Å². The molecule has 3 rings (SSSR count). The predicted molar refractivity (Wildman–Crippen MR) is 76.8 cm³/mol. The van der Waals surface area contributed by atoms with Gasteiger partial charge in [0.15, 0.2) is 0 Å². The number of nitrogens with one attached hydrogen (secondary N) is 1. The average Bonchev–Trinajstić information content (AvgIpc) is 2.85. The van der Waals surface area contributed by atoms with Gasteiger partial charge in [0.25, 0.3) is 0 Å². The van der Waals surface area contributed by atoms with E-state index in [1.54, 1.807) is 0 Å². The van der Waals surface area contributed by atoms with E-state index < -0.39 is 0 Å². The van der Waals surface area contributed by atoms with E-state index in [1.165, 1.54) is 31.4 Å². The quantitative estimate of drug-likeness (QED) is 0.752. The number of thioether (sulfide) groups is 1. The van der Waals surface area contributed by atoms with Gasteiger partial charge >= 0.3 is 0 Å². The van der Waals surface area contributed by atoms with Crippen molar-refractivity contribution in [2.75, 3.05) is 5.75 Å². The van der Waals surface area contributed by atoms with Crippen LogP contribution in [0.3, 0.4) is 0 Å². The zero-order valence-corrected chi connectivity index (χ0v) is 12.4. The van der Waals surface area contributed by atoms with Gasteiger partial charge in [-0.1, -0.05) is 19.8 Å². The summed E-state index contributed by atoms with van der Waals surface area (Å²) in [5.74, 6) is 1.74. The molecule has 3 fully saturated rings. The minimum absolute atomic E-state index is 0.0255. The van der Waals surface area contributed by atoms with Crippen LogP contribution in [-0.2, 0) is 9.59 Å². The molecule has 3 atom stereocenters. The molecule has 3 unspecified atom stereocenters. The monoisotopic (exact) mass is 281 g/mol. The summed E-state index contributed by atoms with van der Waals surface area (Å²) in [6.07, 6.45) is 7.62. The molecule has 0 aromatic carbocycles. The van der Waals surface area contributed by atoms with Crippen LogP contribution >= 0.6 is 11.8 Å². The molecule has 2 saturated heterocycles. The molecule has 4 heteroatoms. The van der Waals surface area contributed by atoms with E-state index in [2.05, 4.69) is 12.2 Å². The number of hydrogen-bond donors (Lipinski definition) is 1. The molecular formula is C15H23NO2S. The number of carbonyl (C=O) groups excluding carboxylic acids is 2. The Hall–Kier alpha value is -0.510. The highest BCUT2D eigenvalue weighted by atomic mass is 32.2. The molecule has 1 aliphatic carbocycles. The first-order valence-corrected chi connectivity index (χ1v) is 8.64. The van der Waals surface area contributed by atoms with Crippen LogP contribution in [0.5, 0.6) is 0 Å². The Labute approximate surface area is 119 Å². The highest BCUT2D eigenvalue weighted by Crippen LogP contribution is 2.55. The largest absolute Gasteiger partial charge is 0.296 e. The molecule has 0 aromatic heterocycles. The summed E-state index contributed by atoms with van der Waals surface area (Å²) < 4.78 is 0. The molecular weight excluding hydrogens is 258 g/mol. The standard InChI is InChI=1S/C15H23NO2S/c1-10-15(7-4-8-19-10)9-12(17)16-14(18)13(15)11-5-2-3-6-11/h10-11,13H,2-9H2,1H3,(H,16,17,18). The van der Waals surface area contributed by atoms with Crippen LogP contribution < -0.4 is 5.32 Å². The van der Waals surface area contributed by atoms with Crippen LogP contribution in [0.4, 0.5) is 0 Å². The van der Waals surface area contributed by atoms with Crippen molar-refractivity contribution in [3.05, 3.63) is 0 Å². The van der Waals surface area contributed by atoms with E-state index in [1.807, 2.05) is 11.8 Å². The lowest BCUT2D eigenvalue weighted by Crippen LogP contribution is -2.58. The van der Waals surface area contributed by atoms with Gasteiger partial charge in [0.2, 0.25) is 11.8 Å². The van der Waals surface area contributed by atoms with Crippen molar-refractivity contribution in [2.24, 2.45) is 17.3 Å². The summed E-state index contributed by atoms with van der Waals surface area (Å²) in [6, 6.07) is 0. The first-order chi connectivity index (χ1) is 9.13. The van der Waals surface area contributed by atoms with Crippen molar-refractivity contribution in [3.8, 4) is 0 Å². The lowest BCUT2D eigenvalue weighted by Gasteiger charge is -2.50. The molecule has 1 spiro atoms. The van der Waals surface area contributed by atoms with Crippen LogP contribution in [-0.4, -0.2) is 22.8 Å². The Morgan fingerprint density at radius 1 is 1.21 bits per heavy atom. The number of carbonyl (C=O) groups is 2. The van der Waals surface area contributed by atoms with Crippen LogP contribution in [0.15, 0.2) is 0 Å². The molecule has 0 aromatic rings. The molecule has 106 valence electrons. The second kappa shape index (κ2) is 5.12. The Balaban J connectivity index is 1.95. The van der Waals surface area contributed by atoms with Crippen molar-refractivity contribution in [2.45, 2.75) is 57.1 Å². The van der Waals surface area contributed by atoms with E-state index in [-0.39, 0.29) is 23.1 Å². The molecule has 0 radical (unpaired) electrons. The summed E-state index contributed by atoms with van der Waals surface area (Å²) in [5, 5.41) is 3.04. The van der Waals surface area contributed by atoms with Gasteiger partial charge in [0.1, 0.15) is 0 Å². The normalized spacial score (nSPS) is 40.7. The zero-order valence-electron chi connectivity index (χ0n) is 11.6. The predicted octanol–water partition coefficient (Wildman–Crippen LogP) is 2.74. The molecule has 1 N–H and O–H groups in total. The smallest absolute Gasteiger partial charge is 0.230 e. The Morgan fingerprint density at radius 3 is 2.63 bits per heavy atom. The molecule has 3 nitrogen and oxygen atoms in total. The second-order valence-electron chi connectivity index (χ2n) is 6.46. The van der Waals surface area contributed by atoms with Crippen molar-refractivity contribution in [1.29, 1.82) is 0 Å². The lowest BCUT2D eigenvalue weighted by atomic mass is 9.60. The number of imide groups is 1.